The molecule has 0 aliphatic carbocycles. The summed E-state index contributed by atoms with van der Waals surface area (Å²) in [5.74, 6) is 0.572. The molecule has 0 fully saturated rings. The van der Waals surface area contributed by atoms with Crippen molar-refractivity contribution in [1.29, 1.82) is 0 Å². The SMILES string of the molecule is CCNCc1ccc(NC(=O)c2coc(C)c2)cc1. The Balaban J connectivity index is 1.97. The second kappa shape index (κ2) is 6.20. The number of benzene rings is 1. The van der Waals surface area contributed by atoms with Gasteiger partial charge in [0.15, 0.2) is 0 Å². The van der Waals surface area contributed by atoms with Crippen LogP contribution in [0.3, 0.4) is 0 Å². The molecule has 2 aromatic rings. The van der Waals surface area contributed by atoms with Gasteiger partial charge in [-0.05, 0) is 37.2 Å². The standard InChI is InChI=1S/C15H18N2O2/c1-3-16-9-12-4-6-14(7-5-12)17-15(18)13-8-11(2)19-10-13/h4-8,10,16H,3,9H2,1-2H3,(H,17,18). The van der Waals surface area contributed by atoms with Gasteiger partial charge in [0, 0.05) is 12.2 Å². The van der Waals surface area contributed by atoms with Crippen LogP contribution in [-0.2, 0) is 6.54 Å². The van der Waals surface area contributed by atoms with Crippen molar-refractivity contribution >= 4 is 11.6 Å². The highest BCUT2D eigenvalue weighted by atomic mass is 16.3. The van der Waals surface area contributed by atoms with Crippen molar-refractivity contribution in [3.63, 3.8) is 0 Å². The lowest BCUT2D eigenvalue weighted by molar-refractivity contribution is 0.102. The van der Waals surface area contributed by atoms with Crippen LogP contribution in [0.4, 0.5) is 5.69 Å². The molecule has 2 rings (SSSR count). The Bertz CT molecular complexity index is 544. The molecule has 4 heteroatoms. The van der Waals surface area contributed by atoms with Gasteiger partial charge in [-0.1, -0.05) is 19.1 Å². The lowest BCUT2D eigenvalue weighted by Crippen LogP contribution is -2.12. The van der Waals surface area contributed by atoms with Gasteiger partial charge in [0.1, 0.15) is 12.0 Å². The van der Waals surface area contributed by atoms with Crippen LogP contribution in [0.25, 0.3) is 0 Å². The molecular formula is C15H18N2O2. The first kappa shape index (κ1) is 13.4. The molecule has 0 spiro atoms. The summed E-state index contributed by atoms with van der Waals surface area (Å²) in [6.45, 7) is 5.66. The highest BCUT2D eigenvalue weighted by Crippen LogP contribution is 2.13. The summed E-state index contributed by atoms with van der Waals surface area (Å²) in [5, 5.41) is 6.09. The fourth-order valence-electron chi connectivity index (χ4n) is 1.74. The van der Waals surface area contributed by atoms with Gasteiger partial charge in [0.25, 0.3) is 5.91 Å². The molecule has 1 aromatic heterocycles. The van der Waals surface area contributed by atoms with Crippen LogP contribution < -0.4 is 10.6 Å². The summed E-state index contributed by atoms with van der Waals surface area (Å²) < 4.78 is 5.12. The molecule has 2 N–H and O–H groups in total. The van der Waals surface area contributed by atoms with E-state index >= 15 is 0 Å². The van der Waals surface area contributed by atoms with Crippen molar-refractivity contribution in [3.05, 3.63) is 53.5 Å². The molecule has 0 saturated carbocycles. The fraction of sp³-hybridized carbons (Fsp3) is 0.267. The molecule has 0 aliphatic rings. The van der Waals surface area contributed by atoms with E-state index in [1.54, 1.807) is 6.07 Å². The Hall–Kier alpha value is -2.07. The summed E-state index contributed by atoms with van der Waals surface area (Å²) in [5.41, 5.74) is 2.51. The average Bonchev–Trinajstić information content (AvgIpc) is 2.85. The zero-order valence-electron chi connectivity index (χ0n) is 11.2. The molecule has 0 aliphatic heterocycles. The Morgan fingerprint density at radius 3 is 2.58 bits per heavy atom. The van der Waals surface area contributed by atoms with E-state index in [1.807, 2.05) is 31.2 Å². The van der Waals surface area contributed by atoms with Gasteiger partial charge in [-0.15, -0.1) is 0 Å². The van der Waals surface area contributed by atoms with E-state index in [0.717, 1.165) is 24.5 Å². The van der Waals surface area contributed by atoms with Crippen molar-refractivity contribution in [1.82, 2.24) is 5.32 Å². The quantitative estimate of drug-likeness (QED) is 0.867. The van der Waals surface area contributed by atoms with Crippen LogP contribution in [0, 0.1) is 6.92 Å². The van der Waals surface area contributed by atoms with Crippen LogP contribution in [0.1, 0.15) is 28.6 Å². The molecule has 0 unspecified atom stereocenters. The number of hydrogen-bond donors (Lipinski definition) is 2. The zero-order chi connectivity index (χ0) is 13.7. The first-order chi connectivity index (χ1) is 9.19. The van der Waals surface area contributed by atoms with Gasteiger partial charge in [0.05, 0.1) is 5.56 Å². The maximum Gasteiger partial charge on any atom is 0.258 e. The first-order valence-electron chi connectivity index (χ1n) is 6.35. The molecule has 0 saturated heterocycles. The molecular weight excluding hydrogens is 240 g/mol. The molecule has 1 amide bonds. The number of anilines is 1. The molecule has 19 heavy (non-hydrogen) atoms. The normalized spacial score (nSPS) is 10.4. The number of amides is 1. The topological polar surface area (TPSA) is 54.3 Å². The van der Waals surface area contributed by atoms with Crippen LogP contribution in [-0.4, -0.2) is 12.5 Å². The largest absolute Gasteiger partial charge is 0.469 e. The molecule has 0 radical (unpaired) electrons. The van der Waals surface area contributed by atoms with Crippen molar-refractivity contribution in [3.8, 4) is 0 Å². The monoisotopic (exact) mass is 258 g/mol. The second-order valence-electron chi connectivity index (χ2n) is 4.38. The number of aryl methyl sites for hydroxylation is 1. The minimum Gasteiger partial charge on any atom is -0.469 e. The van der Waals surface area contributed by atoms with Gasteiger partial charge >= 0.3 is 0 Å². The predicted octanol–water partition coefficient (Wildman–Crippen LogP) is 2.95. The number of carbonyl (C=O) groups is 1. The van der Waals surface area contributed by atoms with Crippen molar-refractivity contribution in [2.75, 3.05) is 11.9 Å². The second-order valence-corrected chi connectivity index (χ2v) is 4.38. The third-order valence-electron chi connectivity index (χ3n) is 2.78. The Morgan fingerprint density at radius 1 is 1.26 bits per heavy atom. The fourth-order valence-corrected chi connectivity index (χ4v) is 1.74. The van der Waals surface area contributed by atoms with Crippen LogP contribution >= 0.6 is 0 Å². The van der Waals surface area contributed by atoms with E-state index in [0.29, 0.717) is 5.56 Å². The van der Waals surface area contributed by atoms with Crippen molar-refractivity contribution in [2.24, 2.45) is 0 Å². The maximum atomic E-state index is 11.9. The zero-order valence-corrected chi connectivity index (χ0v) is 11.2. The lowest BCUT2D eigenvalue weighted by atomic mass is 10.2. The molecule has 100 valence electrons. The minimum atomic E-state index is -0.156. The van der Waals surface area contributed by atoms with Gasteiger partial charge in [-0.3, -0.25) is 4.79 Å². The van der Waals surface area contributed by atoms with Gasteiger partial charge in [-0.2, -0.15) is 0 Å². The number of rotatable bonds is 5. The van der Waals surface area contributed by atoms with Crippen molar-refractivity contribution in [2.45, 2.75) is 20.4 Å². The van der Waals surface area contributed by atoms with E-state index in [-0.39, 0.29) is 5.91 Å². The predicted molar refractivity (Wildman–Crippen MR) is 75.2 cm³/mol. The Labute approximate surface area is 112 Å². The highest BCUT2D eigenvalue weighted by molar-refractivity contribution is 6.04. The summed E-state index contributed by atoms with van der Waals surface area (Å²) in [7, 11) is 0. The van der Waals surface area contributed by atoms with Gasteiger partial charge in [0.2, 0.25) is 0 Å². The molecule has 0 bridgehead atoms. The Kier molecular flexibility index (Phi) is 4.36. The minimum absolute atomic E-state index is 0.156. The van der Waals surface area contributed by atoms with Crippen LogP contribution in [0.2, 0.25) is 0 Å². The number of furan rings is 1. The van der Waals surface area contributed by atoms with E-state index in [4.69, 9.17) is 4.42 Å². The third-order valence-corrected chi connectivity index (χ3v) is 2.78. The summed E-state index contributed by atoms with van der Waals surface area (Å²) >= 11 is 0. The lowest BCUT2D eigenvalue weighted by Gasteiger charge is -2.06. The van der Waals surface area contributed by atoms with E-state index < -0.39 is 0 Å². The molecule has 1 aromatic carbocycles. The smallest absolute Gasteiger partial charge is 0.258 e. The van der Waals surface area contributed by atoms with Crippen LogP contribution in [0.15, 0.2) is 41.0 Å². The van der Waals surface area contributed by atoms with E-state index in [9.17, 15) is 4.79 Å². The number of nitrogens with one attached hydrogen (secondary N) is 2. The van der Waals surface area contributed by atoms with Gasteiger partial charge in [-0.25, -0.2) is 0 Å². The molecule has 1 heterocycles. The third kappa shape index (κ3) is 3.69. The van der Waals surface area contributed by atoms with E-state index in [1.165, 1.54) is 11.8 Å². The maximum absolute atomic E-state index is 11.9. The highest BCUT2D eigenvalue weighted by Gasteiger charge is 2.08. The first-order valence-corrected chi connectivity index (χ1v) is 6.35. The van der Waals surface area contributed by atoms with E-state index in [2.05, 4.69) is 17.6 Å². The van der Waals surface area contributed by atoms with Crippen LogP contribution in [0.5, 0.6) is 0 Å². The number of hydrogen-bond acceptors (Lipinski definition) is 3. The molecule has 4 nitrogen and oxygen atoms in total. The number of carbonyl (C=O) groups excluding carboxylic acids is 1. The molecule has 0 atom stereocenters. The van der Waals surface area contributed by atoms with Crippen molar-refractivity contribution < 1.29 is 9.21 Å². The summed E-state index contributed by atoms with van der Waals surface area (Å²) in [6, 6.07) is 9.52. The van der Waals surface area contributed by atoms with Gasteiger partial charge < -0.3 is 15.1 Å². The summed E-state index contributed by atoms with van der Waals surface area (Å²) in [4.78, 5) is 11.9. The Morgan fingerprint density at radius 2 is 2.00 bits per heavy atom. The summed E-state index contributed by atoms with van der Waals surface area (Å²) in [6.07, 6.45) is 1.46. The average molecular weight is 258 g/mol.